The Bertz CT molecular complexity index is 387. The van der Waals surface area contributed by atoms with Gasteiger partial charge in [-0.25, -0.2) is 0 Å². The number of carbonyl (C=O) groups excluding carboxylic acids is 1. The fourth-order valence-electron chi connectivity index (χ4n) is 1.91. The molecule has 0 unspecified atom stereocenters. The molecule has 92 valence electrons. The molecule has 1 saturated carbocycles. The number of rotatable bonds is 5. The van der Waals surface area contributed by atoms with Gasteiger partial charge in [0.2, 0.25) is 5.88 Å². The van der Waals surface area contributed by atoms with Gasteiger partial charge in [0.25, 0.3) is 5.91 Å². The lowest BCUT2D eigenvalue weighted by molar-refractivity contribution is 0.0607. The first kappa shape index (κ1) is 11.8. The molecule has 1 amide bonds. The van der Waals surface area contributed by atoms with E-state index in [1.54, 1.807) is 6.07 Å². The lowest BCUT2D eigenvalue weighted by Crippen LogP contribution is -2.38. The van der Waals surface area contributed by atoms with Gasteiger partial charge in [0.1, 0.15) is 6.10 Å². The van der Waals surface area contributed by atoms with Gasteiger partial charge < -0.3 is 15.8 Å². The molecular formula is C11H16N4O2. The number of hydrogen-bond acceptors (Lipinski definition) is 5. The van der Waals surface area contributed by atoms with Gasteiger partial charge in [0, 0.05) is 6.07 Å². The molecule has 1 heterocycles. The second-order valence-electron chi connectivity index (χ2n) is 4.26. The molecule has 0 radical (unpaired) electrons. The highest BCUT2D eigenvalue weighted by Gasteiger charge is 2.30. The van der Waals surface area contributed by atoms with Crippen LogP contribution < -0.4 is 15.8 Å². The van der Waals surface area contributed by atoms with Gasteiger partial charge in [0.15, 0.2) is 5.69 Å². The molecule has 1 fully saturated rings. The third kappa shape index (κ3) is 2.91. The zero-order chi connectivity index (χ0) is 12.3. The Kier molecular flexibility index (Phi) is 3.53. The zero-order valence-corrected chi connectivity index (χ0v) is 9.72. The Morgan fingerprint density at radius 3 is 2.82 bits per heavy atom. The number of aromatic nitrogens is 2. The van der Waals surface area contributed by atoms with E-state index in [9.17, 15) is 4.79 Å². The van der Waals surface area contributed by atoms with Crippen molar-refractivity contribution in [2.75, 3.05) is 13.6 Å². The average molecular weight is 236 g/mol. The van der Waals surface area contributed by atoms with Crippen LogP contribution in [0.1, 0.15) is 23.3 Å². The fourth-order valence-corrected chi connectivity index (χ4v) is 1.91. The van der Waals surface area contributed by atoms with Crippen LogP contribution in [-0.2, 0) is 0 Å². The van der Waals surface area contributed by atoms with E-state index in [0.717, 1.165) is 19.4 Å². The summed E-state index contributed by atoms with van der Waals surface area (Å²) in [6.45, 7) is 1.02. The number of carbonyl (C=O) groups is 1. The first-order valence-corrected chi connectivity index (χ1v) is 5.64. The quantitative estimate of drug-likeness (QED) is 0.748. The summed E-state index contributed by atoms with van der Waals surface area (Å²) in [5, 5.41) is 10.6. The minimum Gasteiger partial charge on any atom is -0.473 e. The van der Waals surface area contributed by atoms with Crippen LogP contribution in [0.3, 0.4) is 0 Å². The van der Waals surface area contributed by atoms with Gasteiger partial charge in [-0.3, -0.25) is 4.79 Å². The van der Waals surface area contributed by atoms with Crippen LogP contribution in [0.25, 0.3) is 0 Å². The van der Waals surface area contributed by atoms with E-state index < -0.39 is 5.91 Å². The number of ether oxygens (including phenoxy) is 1. The monoisotopic (exact) mass is 236 g/mol. The lowest BCUT2D eigenvalue weighted by atomic mass is 9.82. The van der Waals surface area contributed by atoms with Crippen LogP contribution >= 0.6 is 0 Å². The summed E-state index contributed by atoms with van der Waals surface area (Å²) in [4.78, 5) is 10.8. The van der Waals surface area contributed by atoms with Crippen molar-refractivity contribution in [3.05, 3.63) is 17.8 Å². The molecule has 0 aromatic carbocycles. The Balaban J connectivity index is 1.82. The van der Waals surface area contributed by atoms with Crippen molar-refractivity contribution in [3.63, 3.8) is 0 Å². The van der Waals surface area contributed by atoms with Crippen LogP contribution in [0.15, 0.2) is 12.1 Å². The van der Waals surface area contributed by atoms with Crippen molar-refractivity contribution >= 4 is 5.91 Å². The van der Waals surface area contributed by atoms with Crippen molar-refractivity contribution in [2.24, 2.45) is 11.7 Å². The molecule has 0 atom stereocenters. The highest BCUT2D eigenvalue weighted by atomic mass is 16.5. The summed E-state index contributed by atoms with van der Waals surface area (Å²) in [6.07, 6.45) is 2.27. The van der Waals surface area contributed by atoms with Gasteiger partial charge in [0.05, 0.1) is 0 Å². The highest BCUT2D eigenvalue weighted by molar-refractivity contribution is 5.90. The minimum absolute atomic E-state index is 0.152. The summed E-state index contributed by atoms with van der Waals surface area (Å²) in [7, 11) is 1.95. The molecule has 0 saturated heterocycles. The summed E-state index contributed by atoms with van der Waals surface area (Å²) in [5.74, 6) is 0.549. The second kappa shape index (κ2) is 5.09. The van der Waals surface area contributed by atoms with E-state index in [1.807, 2.05) is 7.05 Å². The molecule has 2 rings (SSSR count). The second-order valence-corrected chi connectivity index (χ2v) is 4.26. The SMILES string of the molecule is CNCC1CC(Oc2ccc(C(N)=O)nn2)C1. The molecule has 17 heavy (non-hydrogen) atoms. The van der Waals surface area contributed by atoms with Gasteiger partial charge in [-0.1, -0.05) is 0 Å². The van der Waals surface area contributed by atoms with E-state index >= 15 is 0 Å². The summed E-state index contributed by atoms with van der Waals surface area (Å²) in [6, 6.07) is 3.15. The summed E-state index contributed by atoms with van der Waals surface area (Å²) >= 11 is 0. The van der Waals surface area contributed by atoms with Crippen LogP contribution in [0.2, 0.25) is 0 Å². The number of nitrogens with zero attached hydrogens (tertiary/aromatic N) is 2. The van der Waals surface area contributed by atoms with Gasteiger partial charge in [-0.15, -0.1) is 10.2 Å². The largest absolute Gasteiger partial charge is 0.473 e. The predicted octanol–water partition coefficient (Wildman–Crippen LogP) is -0.0477. The maximum absolute atomic E-state index is 10.8. The van der Waals surface area contributed by atoms with E-state index in [-0.39, 0.29) is 11.8 Å². The molecule has 6 nitrogen and oxygen atoms in total. The zero-order valence-electron chi connectivity index (χ0n) is 9.72. The van der Waals surface area contributed by atoms with E-state index in [0.29, 0.717) is 11.8 Å². The summed E-state index contributed by atoms with van der Waals surface area (Å²) < 4.78 is 5.61. The Labute approximate surface area is 99.6 Å². The molecule has 0 aliphatic heterocycles. The van der Waals surface area contributed by atoms with Crippen molar-refractivity contribution in [3.8, 4) is 5.88 Å². The van der Waals surface area contributed by atoms with Gasteiger partial charge in [-0.05, 0) is 38.4 Å². The van der Waals surface area contributed by atoms with Crippen LogP contribution in [0.4, 0.5) is 0 Å². The normalized spacial score (nSPS) is 22.9. The minimum atomic E-state index is -0.582. The number of nitrogens with two attached hydrogens (primary N) is 1. The third-order valence-electron chi connectivity index (χ3n) is 2.87. The molecule has 1 aromatic heterocycles. The van der Waals surface area contributed by atoms with Crippen LogP contribution in [0, 0.1) is 5.92 Å². The topological polar surface area (TPSA) is 90.1 Å². The van der Waals surface area contributed by atoms with Crippen molar-refractivity contribution < 1.29 is 9.53 Å². The first-order valence-electron chi connectivity index (χ1n) is 5.64. The smallest absolute Gasteiger partial charge is 0.269 e. The number of primary amides is 1. The van der Waals surface area contributed by atoms with E-state index in [4.69, 9.17) is 10.5 Å². The standard InChI is InChI=1S/C11H16N4O2/c1-13-6-7-4-8(5-7)17-10-3-2-9(11(12)16)14-15-10/h2-3,7-8,13H,4-6H2,1H3,(H2,12,16). The maximum Gasteiger partial charge on any atom is 0.269 e. The van der Waals surface area contributed by atoms with Gasteiger partial charge in [-0.2, -0.15) is 0 Å². The van der Waals surface area contributed by atoms with E-state index in [2.05, 4.69) is 15.5 Å². The molecule has 1 aliphatic rings. The number of amides is 1. The molecule has 6 heteroatoms. The van der Waals surface area contributed by atoms with Crippen molar-refractivity contribution in [1.82, 2.24) is 15.5 Å². The van der Waals surface area contributed by atoms with Crippen molar-refractivity contribution in [2.45, 2.75) is 18.9 Å². The molecule has 1 aromatic rings. The Hall–Kier alpha value is -1.69. The molecule has 3 N–H and O–H groups in total. The Morgan fingerprint density at radius 1 is 1.53 bits per heavy atom. The fraction of sp³-hybridized carbons (Fsp3) is 0.545. The predicted molar refractivity (Wildman–Crippen MR) is 61.6 cm³/mol. The van der Waals surface area contributed by atoms with Crippen LogP contribution in [-0.4, -0.2) is 35.8 Å². The molecule has 0 spiro atoms. The maximum atomic E-state index is 10.8. The third-order valence-corrected chi connectivity index (χ3v) is 2.87. The van der Waals surface area contributed by atoms with E-state index in [1.165, 1.54) is 6.07 Å². The molecule has 1 aliphatic carbocycles. The summed E-state index contributed by atoms with van der Waals surface area (Å²) in [5.41, 5.74) is 5.22. The Morgan fingerprint density at radius 2 is 2.29 bits per heavy atom. The number of hydrogen-bond donors (Lipinski definition) is 2. The molecular weight excluding hydrogens is 220 g/mol. The lowest BCUT2D eigenvalue weighted by Gasteiger charge is -2.34. The number of nitrogens with one attached hydrogen (secondary N) is 1. The molecule has 0 bridgehead atoms. The highest BCUT2D eigenvalue weighted by Crippen LogP contribution is 2.29. The average Bonchev–Trinajstić information content (AvgIpc) is 2.27. The van der Waals surface area contributed by atoms with Gasteiger partial charge >= 0.3 is 0 Å². The van der Waals surface area contributed by atoms with Crippen molar-refractivity contribution in [1.29, 1.82) is 0 Å². The first-order chi connectivity index (χ1) is 8.19. The van der Waals surface area contributed by atoms with Crippen LogP contribution in [0.5, 0.6) is 5.88 Å².